The molecule has 1 fully saturated rings. The lowest BCUT2D eigenvalue weighted by molar-refractivity contribution is 0.0175. The molecule has 2 aliphatic rings. The molecule has 1 aromatic carbocycles. The number of rotatable bonds is 4. The number of carbonyl (C=O) groups excluding carboxylic acids is 2. The zero-order valence-electron chi connectivity index (χ0n) is 19.0. The Hall–Kier alpha value is -2.36. The minimum absolute atomic E-state index is 0.0908. The summed E-state index contributed by atoms with van der Waals surface area (Å²) in [5.41, 5.74) is 0.0484. The van der Waals surface area contributed by atoms with Crippen LogP contribution in [0.5, 0.6) is 0 Å². The smallest absolute Gasteiger partial charge is 0.414 e. The quantitative estimate of drug-likeness (QED) is 0.665. The predicted octanol–water partition coefficient (Wildman–Crippen LogP) is 3.77. The molecular formula is C22H31FN2O6S. The third-order valence-electron chi connectivity index (χ3n) is 5.66. The van der Waals surface area contributed by atoms with Gasteiger partial charge in [-0.25, -0.2) is 22.4 Å². The molecule has 178 valence electrons. The van der Waals surface area contributed by atoms with Crippen molar-refractivity contribution in [3.05, 3.63) is 23.5 Å². The molecule has 0 spiro atoms. The Morgan fingerprint density at radius 1 is 1.12 bits per heavy atom. The number of benzene rings is 1. The van der Waals surface area contributed by atoms with Crippen molar-refractivity contribution >= 4 is 27.7 Å². The minimum atomic E-state index is -3.54. The molecule has 0 unspecified atom stereocenters. The van der Waals surface area contributed by atoms with E-state index in [-0.39, 0.29) is 29.8 Å². The van der Waals surface area contributed by atoms with Gasteiger partial charge in [0, 0.05) is 25.9 Å². The summed E-state index contributed by atoms with van der Waals surface area (Å²) >= 11 is 0. The minimum Gasteiger partial charge on any atom is -0.449 e. The summed E-state index contributed by atoms with van der Waals surface area (Å²) in [5, 5.41) is 0. The van der Waals surface area contributed by atoms with Crippen LogP contribution in [0.3, 0.4) is 0 Å². The number of anilines is 1. The van der Waals surface area contributed by atoms with Crippen molar-refractivity contribution in [1.29, 1.82) is 0 Å². The summed E-state index contributed by atoms with van der Waals surface area (Å²) in [5.74, 6) is -0.423. The van der Waals surface area contributed by atoms with Crippen molar-refractivity contribution in [3.63, 3.8) is 0 Å². The lowest BCUT2D eigenvalue weighted by atomic mass is 9.94. The van der Waals surface area contributed by atoms with E-state index in [0.717, 1.165) is 25.2 Å². The summed E-state index contributed by atoms with van der Waals surface area (Å²) < 4.78 is 48.7. The van der Waals surface area contributed by atoms with E-state index in [1.807, 2.05) is 20.8 Å². The van der Waals surface area contributed by atoms with Crippen LogP contribution < -0.4 is 4.90 Å². The van der Waals surface area contributed by atoms with Gasteiger partial charge in [0.25, 0.3) is 0 Å². The fourth-order valence-corrected chi connectivity index (χ4v) is 4.66. The first kappa shape index (κ1) is 24.3. The second-order valence-corrected chi connectivity index (χ2v) is 11.4. The number of amides is 2. The standard InChI is InChI=1S/C22H31FN2O6S/c1-22(2,3)31-20(26)24-9-5-15(6-10-24)8-12-30-21(27)25-11-7-16-13-17(32(4,28)29)14-18(23)19(16)25/h13-15H,5-12H2,1-4H3. The van der Waals surface area contributed by atoms with Gasteiger partial charge in [-0.1, -0.05) is 0 Å². The van der Waals surface area contributed by atoms with E-state index in [1.54, 1.807) is 4.90 Å². The number of sulfone groups is 1. The summed E-state index contributed by atoms with van der Waals surface area (Å²) in [7, 11) is -3.54. The molecule has 2 heterocycles. The third kappa shape index (κ3) is 5.90. The van der Waals surface area contributed by atoms with Crippen molar-refractivity contribution in [1.82, 2.24) is 4.90 Å². The Labute approximate surface area is 188 Å². The van der Waals surface area contributed by atoms with Crippen molar-refractivity contribution in [2.45, 2.75) is 57.0 Å². The van der Waals surface area contributed by atoms with Crippen LogP contribution in [0.4, 0.5) is 19.7 Å². The van der Waals surface area contributed by atoms with Gasteiger partial charge < -0.3 is 14.4 Å². The maximum absolute atomic E-state index is 14.6. The Balaban J connectivity index is 1.48. The zero-order chi connectivity index (χ0) is 23.7. The summed E-state index contributed by atoms with van der Waals surface area (Å²) in [6, 6.07) is 2.36. The molecule has 0 aliphatic carbocycles. The number of nitrogens with zero attached hydrogens (tertiary/aromatic N) is 2. The molecule has 8 nitrogen and oxygen atoms in total. The molecule has 0 aromatic heterocycles. The Bertz CT molecular complexity index is 981. The van der Waals surface area contributed by atoms with Gasteiger partial charge >= 0.3 is 12.2 Å². The molecule has 0 saturated carbocycles. The first-order valence-electron chi connectivity index (χ1n) is 10.8. The van der Waals surface area contributed by atoms with Crippen molar-refractivity contribution in [2.75, 3.05) is 37.4 Å². The highest BCUT2D eigenvalue weighted by atomic mass is 32.2. The Morgan fingerprint density at radius 3 is 2.38 bits per heavy atom. The molecule has 0 N–H and O–H groups in total. The molecule has 2 amide bonds. The maximum Gasteiger partial charge on any atom is 0.414 e. The summed E-state index contributed by atoms with van der Waals surface area (Å²) in [6.07, 6.45) is 2.70. The number of hydrogen-bond acceptors (Lipinski definition) is 6. The fourth-order valence-electron chi connectivity index (χ4n) is 3.98. The number of halogens is 1. The topological polar surface area (TPSA) is 93.2 Å². The van der Waals surface area contributed by atoms with Crippen LogP contribution in [-0.2, 0) is 25.7 Å². The fraction of sp³-hybridized carbons (Fsp3) is 0.636. The molecule has 1 aromatic rings. The summed E-state index contributed by atoms with van der Waals surface area (Å²) in [6.45, 7) is 7.14. The second kappa shape index (κ2) is 9.25. The number of ether oxygens (including phenoxy) is 2. The van der Waals surface area contributed by atoms with E-state index in [1.165, 1.54) is 11.0 Å². The van der Waals surface area contributed by atoms with Crippen molar-refractivity contribution < 1.29 is 31.9 Å². The van der Waals surface area contributed by atoms with Crippen LogP contribution in [0.1, 0.15) is 45.6 Å². The monoisotopic (exact) mass is 470 g/mol. The molecule has 0 atom stereocenters. The highest BCUT2D eigenvalue weighted by Crippen LogP contribution is 2.34. The first-order chi connectivity index (χ1) is 14.8. The number of hydrogen-bond donors (Lipinski definition) is 0. The molecule has 3 rings (SSSR count). The largest absolute Gasteiger partial charge is 0.449 e. The Kier molecular flexibility index (Phi) is 7.02. The maximum atomic E-state index is 14.6. The molecular weight excluding hydrogens is 439 g/mol. The molecule has 0 radical (unpaired) electrons. The number of piperidine rings is 1. The predicted molar refractivity (Wildman–Crippen MR) is 117 cm³/mol. The van der Waals surface area contributed by atoms with Crippen LogP contribution >= 0.6 is 0 Å². The van der Waals surface area contributed by atoms with E-state index in [4.69, 9.17) is 9.47 Å². The van der Waals surface area contributed by atoms with E-state index < -0.39 is 27.3 Å². The van der Waals surface area contributed by atoms with Crippen molar-refractivity contribution in [2.24, 2.45) is 5.92 Å². The average molecular weight is 471 g/mol. The van der Waals surface area contributed by atoms with Gasteiger partial charge in [-0.2, -0.15) is 0 Å². The van der Waals surface area contributed by atoms with Crippen LogP contribution in [0, 0.1) is 11.7 Å². The number of likely N-dealkylation sites (tertiary alicyclic amines) is 1. The first-order valence-corrected chi connectivity index (χ1v) is 12.7. The second-order valence-electron chi connectivity index (χ2n) is 9.40. The molecule has 0 bridgehead atoms. The average Bonchev–Trinajstić information content (AvgIpc) is 3.11. The van der Waals surface area contributed by atoms with Gasteiger partial charge in [0.1, 0.15) is 11.4 Å². The zero-order valence-corrected chi connectivity index (χ0v) is 19.8. The number of carbonyl (C=O) groups is 2. The van der Waals surface area contributed by atoms with Gasteiger partial charge in [0.2, 0.25) is 0 Å². The van der Waals surface area contributed by atoms with Gasteiger partial charge in [-0.3, -0.25) is 4.90 Å². The molecule has 10 heteroatoms. The number of fused-ring (bicyclic) bond motifs is 1. The Morgan fingerprint density at radius 2 is 1.78 bits per heavy atom. The van der Waals surface area contributed by atoms with Gasteiger partial charge in [0.05, 0.1) is 17.2 Å². The molecule has 1 saturated heterocycles. The van der Waals surface area contributed by atoms with E-state index in [2.05, 4.69) is 0 Å². The highest BCUT2D eigenvalue weighted by Gasteiger charge is 2.31. The molecule has 2 aliphatic heterocycles. The van der Waals surface area contributed by atoms with Crippen LogP contribution in [-0.4, -0.2) is 63.6 Å². The van der Waals surface area contributed by atoms with Crippen LogP contribution in [0.15, 0.2) is 17.0 Å². The van der Waals surface area contributed by atoms with Gasteiger partial charge in [-0.05, 0) is 70.1 Å². The highest BCUT2D eigenvalue weighted by molar-refractivity contribution is 7.90. The van der Waals surface area contributed by atoms with E-state index in [9.17, 15) is 22.4 Å². The molecule has 32 heavy (non-hydrogen) atoms. The SMILES string of the molecule is CC(C)(C)OC(=O)N1CCC(CCOC(=O)N2CCc3cc(S(C)(=O)=O)cc(F)c32)CC1. The van der Waals surface area contributed by atoms with E-state index in [0.29, 0.717) is 37.4 Å². The van der Waals surface area contributed by atoms with Crippen LogP contribution in [0.25, 0.3) is 0 Å². The van der Waals surface area contributed by atoms with E-state index >= 15 is 0 Å². The van der Waals surface area contributed by atoms with Crippen LogP contribution in [0.2, 0.25) is 0 Å². The normalized spacial score (nSPS) is 17.3. The van der Waals surface area contributed by atoms with Gasteiger partial charge in [-0.15, -0.1) is 0 Å². The van der Waals surface area contributed by atoms with Gasteiger partial charge in [0.15, 0.2) is 9.84 Å². The lowest BCUT2D eigenvalue weighted by Gasteiger charge is -2.33. The third-order valence-corrected chi connectivity index (χ3v) is 6.75. The summed E-state index contributed by atoms with van der Waals surface area (Å²) in [4.78, 5) is 27.5. The lowest BCUT2D eigenvalue weighted by Crippen LogP contribution is -2.42. The van der Waals surface area contributed by atoms with Crippen molar-refractivity contribution in [3.8, 4) is 0 Å².